The van der Waals surface area contributed by atoms with Gasteiger partial charge in [0.2, 0.25) is 5.91 Å². The van der Waals surface area contributed by atoms with Crippen LogP contribution in [-0.2, 0) is 11.2 Å². The van der Waals surface area contributed by atoms with E-state index in [1.165, 1.54) is 0 Å². The number of amides is 1. The molecular weight excluding hydrogens is 324 g/mol. The summed E-state index contributed by atoms with van der Waals surface area (Å²) < 4.78 is 1.97. The van der Waals surface area contributed by atoms with Gasteiger partial charge in [0.05, 0.1) is 22.8 Å². The number of anilines is 1. The summed E-state index contributed by atoms with van der Waals surface area (Å²) in [6.45, 7) is 6.14. The average Bonchev–Trinajstić information content (AvgIpc) is 3.07. The summed E-state index contributed by atoms with van der Waals surface area (Å²) in [5.74, 6) is -0.0276. The lowest BCUT2D eigenvalue weighted by molar-refractivity contribution is -0.115. The van der Waals surface area contributed by atoms with Gasteiger partial charge in [0, 0.05) is 17.3 Å². The summed E-state index contributed by atoms with van der Waals surface area (Å²) in [5.41, 5.74) is 6.16. The van der Waals surface area contributed by atoms with Gasteiger partial charge >= 0.3 is 0 Å². The minimum Gasteiger partial charge on any atom is -0.324 e. The monoisotopic (exact) mass is 340 g/mol. The molecule has 3 heterocycles. The molecule has 0 radical (unpaired) electrons. The Labute approximate surface area is 144 Å². The van der Waals surface area contributed by atoms with Crippen LogP contribution in [0.1, 0.15) is 31.1 Å². The van der Waals surface area contributed by atoms with Crippen molar-refractivity contribution in [3.05, 3.63) is 40.5 Å². The topological polar surface area (TPSA) is 59.8 Å². The third-order valence-electron chi connectivity index (χ3n) is 4.23. The summed E-state index contributed by atoms with van der Waals surface area (Å²) >= 11 is 6.41. The summed E-state index contributed by atoms with van der Waals surface area (Å²) in [6, 6.07) is 8.02. The number of hydrogen-bond acceptors (Lipinski definition) is 3. The molecule has 1 aliphatic heterocycles. The molecule has 3 aromatic rings. The molecule has 4 rings (SSSR count). The molecule has 24 heavy (non-hydrogen) atoms. The number of nitrogens with zero attached hydrogens (tertiary/aromatic N) is 3. The molecule has 0 bridgehead atoms. The molecule has 122 valence electrons. The highest BCUT2D eigenvalue weighted by Crippen LogP contribution is 2.38. The van der Waals surface area contributed by atoms with Gasteiger partial charge in [-0.3, -0.25) is 9.48 Å². The lowest BCUT2D eigenvalue weighted by atomic mass is 10.0. The van der Waals surface area contributed by atoms with E-state index >= 15 is 0 Å². The average molecular weight is 341 g/mol. The number of benzene rings is 1. The van der Waals surface area contributed by atoms with E-state index in [-0.39, 0.29) is 11.9 Å². The zero-order chi connectivity index (χ0) is 17.0. The van der Waals surface area contributed by atoms with Crippen molar-refractivity contribution in [2.24, 2.45) is 0 Å². The molecule has 1 aliphatic rings. The summed E-state index contributed by atoms with van der Waals surface area (Å²) in [5, 5.41) is 8.06. The van der Waals surface area contributed by atoms with Crippen molar-refractivity contribution in [2.75, 3.05) is 5.32 Å². The highest BCUT2D eigenvalue weighted by molar-refractivity contribution is 6.34. The van der Waals surface area contributed by atoms with E-state index in [9.17, 15) is 4.79 Å². The van der Waals surface area contributed by atoms with E-state index in [1.54, 1.807) is 0 Å². The number of rotatable bonds is 2. The van der Waals surface area contributed by atoms with Gasteiger partial charge in [-0.1, -0.05) is 11.6 Å². The van der Waals surface area contributed by atoms with Crippen molar-refractivity contribution in [3.8, 4) is 11.3 Å². The molecule has 5 nitrogen and oxygen atoms in total. The standard InChI is InChI=1S/C18H17ClN4O/c1-9(2)23-18(17-14(22-23)5-4-10(3)20-17)12-6-11-8-15(24)21-16(11)13(19)7-12/h4-7,9H,8H2,1-3H3,(H,21,24). The van der Waals surface area contributed by atoms with Crippen molar-refractivity contribution in [2.45, 2.75) is 33.2 Å². The Hall–Kier alpha value is -2.40. The zero-order valence-corrected chi connectivity index (χ0v) is 14.5. The van der Waals surface area contributed by atoms with Crippen LogP contribution >= 0.6 is 11.6 Å². The van der Waals surface area contributed by atoms with Gasteiger partial charge in [0.15, 0.2) is 0 Å². The largest absolute Gasteiger partial charge is 0.324 e. The molecule has 1 amide bonds. The Morgan fingerprint density at radius 2 is 2.08 bits per heavy atom. The van der Waals surface area contributed by atoms with Gasteiger partial charge in [-0.2, -0.15) is 5.10 Å². The Kier molecular flexibility index (Phi) is 3.35. The van der Waals surface area contributed by atoms with Crippen LogP contribution in [-0.4, -0.2) is 20.7 Å². The Balaban J connectivity index is 2.01. The summed E-state index contributed by atoms with van der Waals surface area (Å²) in [7, 11) is 0. The quantitative estimate of drug-likeness (QED) is 0.762. The van der Waals surface area contributed by atoms with Crippen LogP contribution in [0.3, 0.4) is 0 Å². The molecule has 2 aromatic heterocycles. The summed E-state index contributed by atoms with van der Waals surface area (Å²) in [6.07, 6.45) is 0.350. The predicted molar refractivity (Wildman–Crippen MR) is 95.4 cm³/mol. The number of carbonyl (C=O) groups is 1. The maximum Gasteiger partial charge on any atom is 0.228 e. The molecule has 0 spiro atoms. The van der Waals surface area contributed by atoms with Gasteiger partial charge in [-0.15, -0.1) is 0 Å². The fourth-order valence-corrected chi connectivity index (χ4v) is 3.44. The van der Waals surface area contributed by atoms with E-state index in [2.05, 4.69) is 24.1 Å². The second kappa shape index (κ2) is 5.31. The van der Waals surface area contributed by atoms with Crippen LogP contribution in [0, 0.1) is 6.92 Å². The lowest BCUT2D eigenvalue weighted by Crippen LogP contribution is -2.05. The van der Waals surface area contributed by atoms with Crippen LogP contribution in [0.2, 0.25) is 5.02 Å². The van der Waals surface area contributed by atoms with Crippen LogP contribution in [0.15, 0.2) is 24.3 Å². The van der Waals surface area contributed by atoms with Crippen LogP contribution in [0.25, 0.3) is 22.3 Å². The Morgan fingerprint density at radius 3 is 2.83 bits per heavy atom. The minimum absolute atomic E-state index is 0.0276. The van der Waals surface area contributed by atoms with Crippen molar-refractivity contribution < 1.29 is 4.79 Å². The van der Waals surface area contributed by atoms with Gasteiger partial charge in [0.1, 0.15) is 11.0 Å². The molecular formula is C18H17ClN4O. The molecule has 0 saturated heterocycles. The first-order chi connectivity index (χ1) is 11.4. The Bertz CT molecular complexity index is 990. The molecule has 1 N–H and O–H groups in total. The van der Waals surface area contributed by atoms with E-state index in [4.69, 9.17) is 16.7 Å². The zero-order valence-electron chi connectivity index (χ0n) is 13.7. The lowest BCUT2D eigenvalue weighted by Gasteiger charge is -2.13. The molecule has 0 saturated carbocycles. The molecule has 6 heteroatoms. The highest BCUT2D eigenvalue weighted by atomic mass is 35.5. The van der Waals surface area contributed by atoms with Crippen LogP contribution < -0.4 is 5.32 Å². The molecule has 0 fully saturated rings. The minimum atomic E-state index is -0.0276. The van der Waals surface area contributed by atoms with Gasteiger partial charge in [0.25, 0.3) is 0 Å². The number of aromatic nitrogens is 3. The highest BCUT2D eigenvalue weighted by Gasteiger charge is 2.24. The fourth-order valence-electron chi connectivity index (χ4n) is 3.16. The van der Waals surface area contributed by atoms with E-state index in [0.29, 0.717) is 11.4 Å². The number of hydrogen-bond donors (Lipinski definition) is 1. The molecule has 0 unspecified atom stereocenters. The molecule has 1 aromatic carbocycles. The third-order valence-corrected chi connectivity index (χ3v) is 4.53. The maximum absolute atomic E-state index is 11.7. The van der Waals surface area contributed by atoms with Crippen LogP contribution in [0.4, 0.5) is 5.69 Å². The second-order valence-corrected chi connectivity index (χ2v) is 6.83. The third kappa shape index (κ3) is 2.27. The van der Waals surface area contributed by atoms with E-state index < -0.39 is 0 Å². The van der Waals surface area contributed by atoms with Gasteiger partial charge < -0.3 is 5.32 Å². The smallest absolute Gasteiger partial charge is 0.228 e. The first-order valence-corrected chi connectivity index (χ1v) is 8.30. The van der Waals surface area contributed by atoms with E-state index in [1.807, 2.05) is 35.9 Å². The number of fused-ring (bicyclic) bond motifs is 2. The summed E-state index contributed by atoms with van der Waals surface area (Å²) in [4.78, 5) is 16.4. The number of carbonyl (C=O) groups excluding carboxylic acids is 1. The number of nitrogens with one attached hydrogen (secondary N) is 1. The number of halogens is 1. The van der Waals surface area contributed by atoms with Crippen molar-refractivity contribution in [1.29, 1.82) is 0 Å². The first-order valence-electron chi connectivity index (χ1n) is 7.92. The Morgan fingerprint density at radius 1 is 1.29 bits per heavy atom. The van der Waals surface area contributed by atoms with Crippen molar-refractivity contribution in [3.63, 3.8) is 0 Å². The number of aryl methyl sites for hydroxylation is 1. The van der Waals surface area contributed by atoms with E-state index in [0.717, 1.165) is 39.2 Å². The fraction of sp³-hybridized carbons (Fsp3) is 0.278. The van der Waals surface area contributed by atoms with Crippen molar-refractivity contribution >= 4 is 34.2 Å². The second-order valence-electron chi connectivity index (χ2n) is 6.42. The van der Waals surface area contributed by atoms with Gasteiger partial charge in [-0.25, -0.2) is 4.98 Å². The molecule has 0 atom stereocenters. The maximum atomic E-state index is 11.7. The van der Waals surface area contributed by atoms with Gasteiger partial charge in [-0.05, 0) is 50.6 Å². The number of pyridine rings is 1. The molecule has 0 aliphatic carbocycles. The SMILES string of the molecule is Cc1ccc2nn(C(C)C)c(-c3cc(Cl)c4c(c3)CC(=O)N4)c2n1. The van der Waals surface area contributed by atoms with Crippen LogP contribution in [0.5, 0.6) is 0 Å². The van der Waals surface area contributed by atoms with Crippen molar-refractivity contribution in [1.82, 2.24) is 14.8 Å². The first kappa shape index (κ1) is 15.1. The normalized spacial score (nSPS) is 13.6. The predicted octanol–water partition coefficient (Wildman–Crippen LogP) is 4.14.